The van der Waals surface area contributed by atoms with Crippen molar-refractivity contribution in [1.82, 2.24) is 10.4 Å². The van der Waals surface area contributed by atoms with Crippen LogP contribution in [0.3, 0.4) is 0 Å². The molecule has 1 unspecified atom stereocenters. The summed E-state index contributed by atoms with van der Waals surface area (Å²) in [4.78, 5) is 38.3. The highest BCUT2D eigenvalue weighted by atomic mass is 32.2. The number of hydrogen-bond acceptors (Lipinski definition) is 7. The van der Waals surface area contributed by atoms with Gasteiger partial charge in [-0.05, 0) is 66.9 Å². The molecular formula is C33H48N2O6SSi. The van der Waals surface area contributed by atoms with Crippen molar-refractivity contribution in [2.45, 2.75) is 71.2 Å². The van der Waals surface area contributed by atoms with E-state index < -0.39 is 25.8 Å². The number of esters is 1. The van der Waals surface area contributed by atoms with E-state index in [2.05, 4.69) is 39.3 Å². The van der Waals surface area contributed by atoms with Gasteiger partial charge in [0.2, 0.25) is 5.91 Å². The molecule has 0 heterocycles. The molecular weight excluding hydrogens is 581 g/mol. The number of ether oxygens (including phenoxy) is 2. The molecule has 0 aromatic heterocycles. The van der Waals surface area contributed by atoms with Gasteiger partial charge in [-0.2, -0.15) is 11.8 Å². The van der Waals surface area contributed by atoms with E-state index in [4.69, 9.17) is 13.9 Å². The van der Waals surface area contributed by atoms with Crippen LogP contribution in [0.25, 0.3) is 6.08 Å². The van der Waals surface area contributed by atoms with Gasteiger partial charge in [0.1, 0.15) is 6.61 Å². The van der Waals surface area contributed by atoms with E-state index in [1.54, 1.807) is 24.8 Å². The Balaban J connectivity index is 2.15. The van der Waals surface area contributed by atoms with Crippen LogP contribution in [0.4, 0.5) is 4.79 Å². The lowest BCUT2D eigenvalue weighted by atomic mass is 9.78. The number of benzene rings is 2. The number of thioether (sulfide) groups is 1. The van der Waals surface area contributed by atoms with Gasteiger partial charge in [0.25, 0.3) is 0 Å². The lowest BCUT2D eigenvalue weighted by Crippen LogP contribution is -2.51. The third-order valence-corrected chi connectivity index (χ3v) is 13.2. The highest BCUT2D eigenvalue weighted by molar-refractivity contribution is 7.99. The molecule has 43 heavy (non-hydrogen) atoms. The smallest absolute Gasteiger partial charge is 0.428 e. The second-order valence-electron chi connectivity index (χ2n) is 12.1. The van der Waals surface area contributed by atoms with Crippen molar-refractivity contribution in [3.05, 3.63) is 77.4 Å². The second-order valence-corrected chi connectivity index (χ2v) is 18.1. The highest BCUT2D eigenvalue weighted by Gasteiger charge is 2.38. The molecule has 2 amide bonds. The lowest BCUT2D eigenvalue weighted by molar-refractivity contribution is -0.137. The van der Waals surface area contributed by atoms with Gasteiger partial charge in [0, 0.05) is 25.5 Å². The summed E-state index contributed by atoms with van der Waals surface area (Å²) in [5.41, 5.74) is 4.13. The Morgan fingerprint density at radius 2 is 1.67 bits per heavy atom. The Morgan fingerprint density at radius 3 is 2.33 bits per heavy atom. The van der Waals surface area contributed by atoms with Crippen molar-refractivity contribution >= 4 is 44.1 Å². The monoisotopic (exact) mass is 628 g/mol. The van der Waals surface area contributed by atoms with E-state index in [0.29, 0.717) is 25.4 Å². The fourth-order valence-corrected chi connectivity index (χ4v) is 5.97. The van der Waals surface area contributed by atoms with Crippen LogP contribution in [0.1, 0.15) is 57.7 Å². The molecule has 0 aliphatic rings. The summed E-state index contributed by atoms with van der Waals surface area (Å²) < 4.78 is 16.7. The number of hydrogen-bond donors (Lipinski definition) is 1. The molecule has 10 heteroatoms. The van der Waals surface area contributed by atoms with Gasteiger partial charge in [-0.1, -0.05) is 75.4 Å². The number of amides is 2. The molecule has 236 valence electrons. The maximum Gasteiger partial charge on any atom is 0.428 e. The second kappa shape index (κ2) is 16.7. The first-order valence-electron chi connectivity index (χ1n) is 14.6. The largest absolute Gasteiger partial charge is 0.463 e. The van der Waals surface area contributed by atoms with Gasteiger partial charge < -0.3 is 13.9 Å². The molecule has 0 aliphatic heterocycles. The minimum atomic E-state index is -1.82. The molecule has 0 radical (unpaired) electrons. The minimum absolute atomic E-state index is 0.0968. The zero-order valence-electron chi connectivity index (χ0n) is 26.9. The molecule has 0 saturated heterocycles. The quantitative estimate of drug-likeness (QED) is 0.0794. The van der Waals surface area contributed by atoms with Gasteiger partial charge in [-0.25, -0.2) is 14.6 Å². The number of nitrogens with one attached hydrogen (secondary N) is 1. The molecule has 2 aromatic rings. The van der Waals surface area contributed by atoms with Crippen LogP contribution >= 0.6 is 11.8 Å². The van der Waals surface area contributed by atoms with E-state index >= 15 is 0 Å². The lowest BCUT2D eigenvalue weighted by Gasteiger charge is -2.36. The van der Waals surface area contributed by atoms with Crippen LogP contribution in [-0.2, 0) is 35.5 Å². The van der Waals surface area contributed by atoms with Gasteiger partial charge in [0.15, 0.2) is 8.32 Å². The number of nitrogens with zero attached hydrogens (tertiary/aromatic N) is 1. The maximum absolute atomic E-state index is 13.8. The highest BCUT2D eigenvalue weighted by Crippen LogP contribution is 2.36. The molecule has 0 saturated carbocycles. The third-order valence-electron chi connectivity index (χ3n) is 7.71. The molecule has 2 rings (SSSR count). The number of carbonyl (C=O) groups is 3. The minimum Gasteiger partial charge on any atom is -0.463 e. The third kappa shape index (κ3) is 11.5. The molecule has 2 aromatic carbocycles. The van der Waals surface area contributed by atoms with Gasteiger partial charge in [-0.3, -0.25) is 10.2 Å². The summed E-state index contributed by atoms with van der Waals surface area (Å²) in [6.07, 6.45) is 2.89. The van der Waals surface area contributed by atoms with E-state index in [9.17, 15) is 14.4 Å². The molecule has 1 N–H and O–H groups in total. The number of rotatable bonds is 14. The first kappa shape index (κ1) is 36.1. The van der Waals surface area contributed by atoms with Crippen molar-refractivity contribution in [3.63, 3.8) is 0 Å². The summed E-state index contributed by atoms with van der Waals surface area (Å²) in [6.45, 7) is 15.8. The molecule has 1 atom stereocenters. The zero-order chi connectivity index (χ0) is 32.1. The number of hydrazine groups is 1. The van der Waals surface area contributed by atoms with Crippen LogP contribution in [0.15, 0.2) is 60.7 Å². The fraction of sp³-hybridized carbons (Fsp3) is 0.485. The van der Waals surface area contributed by atoms with Crippen LogP contribution in [-0.4, -0.2) is 63.1 Å². The Kier molecular flexibility index (Phi) is 14.0. The Bertz CT molecular complexity index is 1230. The van der Waals surface area contributed by atoms with Gasteiger partial charge in [-0.15, -0.1) is 0 Å². The van der Waals surface area contributed by atoms with Crippen molar-refractivity contribution in [2.75, 3.05) is 31.8 Å². The van der Waals surface area contributed by atoms with Crippen molar-refractivity contribution < 1.29 is 28.3 Å². The SMILES string of the molecule is CCOC(=O)/C=C/c1cccc(C(C)(CCSCCO[Si](C)(C)C(C)(C)C)C(=O)NN(C)C(=O)OCc2ccccc2)c1. The average molecular weight is 629 g/mol. The fourth-order valence-electron chi connectivity index (χ4n) is 3.82. The van der Waals surface area contributed by atoms with E-state index in [1.165, 1.54) is 13.1 Å². The zero-order valence-corrected chi connectivity index (χ0v) is 28.7. The molecule has 8 nitrogen and oxygen atoms in total. The molecule has 0 spiro atoms. The standard InChI is InChI=1S/C33H48N2O6SSi/c1-9-39-29(36)19-18-26-16-13-17-28(24-26)33(5,20-22-42-23-21-41-43(7,8)32(2,3)4)30(37)34-35(6)31(38)40-25-27-14-11-10-12-15-27/h10-19,24H,9,20-23,25H2,1-8H3,(H,34,37)/b19-18+. The first-order valence-corrected chi connectivity index (χ1v) is 18.7. The summed E-state index contributed by atoms with van der Waals surface area (Å²) in [5.74, 6) is 0.755. The summed E-state index contributed by atoms with van der Waals surface area (Å²) >= 11 is 1.74. The molecule has 0 aliphatic carbocycles. The molecule has 0 bridgehead atoms. The van der Waals surface area contributed by atoms with E-state index in [0.717, 1.165) is 27.5 Å². The first-order chi connectivity index (χ1) is 20.2. The number of carbonyl (C=O) groups excluding carboxylic acids is 3. The van der Waals surface area contributed by atoms with E-state index in [1.807, 2.05) is 61.5 Å². The van der Waals surface area contributed by atoms with Crippen LogP contribution in [0.2, 0.25) is 18.1 Å². The van der Waals surface area contributed by atoms with Crippen LogP contribution in [0.5, 0.6) is 0 Å². The van der Waals surface area contributed by atoms with Gasteiger partial charge >= 0.3 is 12.1 Å². The molecule has 0 fully saturated rings. The van der Waals surface area contributed by atoms with Crippen LogP contribution < -0.4 is 5.43 Å². The Morgan fingerprint density at radius 1 is 0.977 bits per heavy atom. The van der Waals surface area contributed by atoms with Crippen molar-refractivity contribution in [2.24, 2.45) is 0 Å². The topological polar surface area (TPSA) is 94.2 Å². The Labute approximate surface area is 262 Å². The summed E-state index contributed by atoms with van der Waals surface area (Å²) in [6, 6.07) is 16.8. The normalized spacial score (nSPS) is 13.3. The predicted molar refractivity (Wildman–Crippen MR) is 177 cm³/mol. The van der Waals surface area contributed by atoms with Gasteiger partial charge in [0.05, 0.1) is 12.0 Å². The van der Waals surface area contributed by atoms with Crippen molar-refractivity contribution in [1.29, 1.82) is 0 Å². The van der Waals surface area contributed by atoms with Crippen molar-refractivity contribution in [3.8, 4) is 0 Å². The van der Waals surface area contributed by atoms with E-state index in [-0.39, 0.29) is 17.6 Å². The average Bonchev–Trinajstić information content (AvgIpc) is 2.96. The van der Waals surface area contributed by atoms with Crippen LogP contribution in [0, 0.1) is 0 Å². The Hall–Kier alpha value is -3.08. The summed E-state index contributed by atoms with van der Waals surface area (Å²) in [5, 5.41) is 1.23. The summed E-state index contributed by atoms with van der Waals surface area (Å²) in [7, 11) is -0.355. The maximum atomic E-state index is 13.8. The predicted octanol–water partition coefficient (Wildman–Crippen LogP) is 6.97.